The molecule has 1 aromatic rings. The van der Waals surface area contributed by atoms with Gasteiger partial charge in [0.2, 0.25) is 5.88 Å². The maximum atomic E-state index is 5.28. The Hall–Kier alpha value is -1.05. The first-order valence-electron chi connectivity index (χ1n) is 5.17. The van der Waals surface area contributed by atoms with E-state index in [1.807, 2.05) is 6.07 Å². The standard InChI is InChI=1S/C12H19NO/c1-5-12(3,6-2)10-8-7-9-13-11(10)14-4/h7-9H,5-6H2,1-4H3. The van der Waals surface area contributed by atoms with E-state index in [4.69, 9.17) is 4.74 Å². The first kappa shape index (κ1) is 11.0. The van der Waals surface area contributed by atoms with E-state index in [1.165, 1.54) is 5.56 Å². The van der Waals surface area contributed by atoms with Crippen molar-refractivity contribution in [1.82, 2.24) is 4.98 Å². The van der Waals surface area contributed by atoms with Gasteiger partial charge in [-0.2, -0.15) is 0 Å². The van der Waals surface area contributed by atoms with Crippen LogP contribution in [0.25, 0.3) is 0 Å². The zero-order chi connectivity index (χ0) is 10.6. The Morgan fingerprint density at radius 1 is 1.36 bits per heavy atom. The van der Waals surface area contributed by atoms with Crippen LogP contribution in [0.2, 0.25) is 0 Å². The van der Waals surface area contributed by atoms with Crippen LogP contribution in [0.4, 0.5) is 0 Å². The second-order valence-electron chi connectivity index (χ2n) is 3.83. The van der Waals surface area contributed by atoms with E-state index in [0.717, 1.165) is 18.7 Å². The van der Waals surface area contributed by atoms with Crippen molar-refractivity contribution in [3.8, 4) is 5.88 Å². The molecule has 0 unspecified atom stereocenters. The quantitative estimate of drug-likeness (QED) is 0.732. The minimum atomic E-state index is 0.180. The molecule has 2 heteroatoms. The highest BCUT2D eigenvalue weighted by atomic mass is 16.5. The van der Waals surface area contributed by atoms with E-state index in [-0.39, 0.29) is 5.41 Å². The zero-order valence-electron chi connectivity index (χ0n) is 9.50. The lowest BCUT2D eigenvalue weighted by Gasteiger charge is -2.28. The molecule has 78 valence electrons. The van der Waals surface area contributed by atoms with Crippen LogP contribution in [0.15, 0.2) is 18.3 Å². The summed E-state index contributed by atoms with van der Waals surface area (Å²) in [7, 11) is 1.68. The molecule has 0 saturated heterocycles. The number of aromatic nitrogens is 1. The van der Waals surface area contributed by atoms with Gasteiger partial charge >= 0.3 is 0 Å². The third kappa shape index (κ3) is 1.89. The largest absolute Gasteiger partial charge is 0.481 e. The van der Waals surface area contributed by atoms with Crippen LogP contribution in [0.3, 0.4) is 0 Å². The van der Waals surface area contributed by atoms with Crippen molar-refractivity contribution in [1.29, 1.82) is 0 Å². The SMILES string of the molecule is CCC(C)(CC)c1cccnc1OC. The molecule has 0 amide bonds. The molecule has 0 atom stereocenters. The van der Waals surface area contributed by atoms with Gasteiger partial charge in [0.1, 0.15) is 0 Å². The predicted molar refractivity (Wildman–Crippen MR) is 58.7 cm³/mol. The van der Waals surface area contributed by atoms with E-state index in [2.05, 4.69) is 31.8 Å². The summed E-state index contributed by atoms with van der Waals surface area (Å²) in [4.78, 5) is 4.24. The minimum Gasteiger partial charge on any atom is -0.481 e. The van der Waals surface area contributed by atoms with E-state index in [1.54, 1.807) is 13.3 Å². The van der Waals surface area contributed by atoms with Crippen LogP contribution in [0.1, 0.15) is 39.2 Å². The summed E-state index contributed by atoms with van der Waals surface area (Å²) in [6, 6.07) is 4.08. The summed E-state index contributed by atoms with van der Waals surface area (Å²) >= 11 is 0. The highest BCUT2D eigenvalue weighted by molar-refractivity contribution is 5.33. The topological polar surface area (TPSA) is 22.1 Å². The smallest absolute Gasteiger partial charge is 0.216 e. The molecule has 0 fully saturated rings. The third-order valence-electron chi connectivity index (χ3n) is 3.18. The number of nitrogens with zero attached hydrogens (tertiary/aromatic N) is 1. The van der Waals surface area contributed by atoms with Crippen LogP contribution in [0, 0.1) is 0 Å². The molecule has 0 radical (unpaired) electrons. The van der Waals surface area contributed by atoms with Crippen molar-refractivity contribution < 1.29 is 4.74 Å². The summed E-state index contributed by atoms with van der Waals surface area (Å²) in [6.07, 6.45) is 3.98. The zero-order valence-corrected chi connectivity index (χ0v) is 9.50. The minimum absolute atomic E-state index is 0.180. The Labute approximate surface area is 86.3 Å². The molecule has 0 aliphatic carbocycles. The number of ether oxygens (including phenoxy) is 1. The Morgan fingerprint density at radius 3 is 2.50 bits per heavy atom. The maximum absolute atomic E-state index is 5.28. The van der Waals surface area contributed by atoms with Gasteiger partial charge in [-0.3, -0.25) is 0 Å². The number of pyridine rings is 1. The van der Waals surface area contributed by atoms with E-state index in [0.29, 0.717) is 0 Å². The third-order valence-corrected chi connectivity index (χ3v) is 3.18. The maximum Gasteiger partial charge on any atom is 0.216 e. The summed E-state index contributed by atoms with van der Waals surface area (Å²) < 4.78 is 5.28. The van der Waals surface area contributed by atoms with Gasteiger partial charge in [-0.1, -0.05) is 26.8 Å². The average Bonchev–Trinajstić information content (AvgIpc) is 2.28. The summed E-state index contributed by atoms with van der Waals surface area (Å²) in [5, 5.41) is 0. The number of rotatable bonds is 4. The molecule has 14 heavy (non-hydrogen) atoms. The molecule has 1 heterocycles. The lowest BCUT2D eigenvalue weighted by atomic mass is 9.78. The van der Waals surface area contributed by atoms with Crippen molar-refractivity contribution in [3.63, 3.8) is 0 Å². The van der Waals surface area contributed by atoms with Gasteiger partial charge in [-0.05, 0) is 24.3 Å². The lowest BCUT2D eigenvalue weighted by molar-refractivity contribution is 0.360. The number of methoxy groups -OCH3 is 1. The van der Waals surface area contributed by atoms with Gasteiger partial charge < -0.3 is 4.74 Å². The summed E-state index contributed by atoms with van der Waals surface area (Å²) in [5.41, 5.74) is 1.40. The molecule has 0 N–H and O–H groups in total. The molecule has 2 nitrogen and oxygen atoms in total. The van der Waals surface area contributed by atoms with Crippen LogP contribution >= 0.6 is 0 Å². The van der Waals surface area contributed by atoms with Crippen molar-refractivity contribution in [2.45, 2.75) is 39.0 Å². The highest BCUT2D eigenvalue weighted by Crippen LogP contribution is 2.35. The van der Waals surface area contributed by atoms with Gasteiger partial charge in [0.25, 0.3) is 0 Å². The van der Waals surface area contributed by atoms with Crippen LogP contribution in [-0.4, -0.2) is 12.1 Å². The molecular weight excluding hydrogens is 174 g/mol. The Bertz CT molecular complexity index is 292. The Kier molecular flexibility index (Phi) is 3.50. The Morgan fingerprint density at radius 2 is 2.00 bits per heavy atom. The molecule has 1 aromatic heterocycles. The highest BCUT2D eigenvalue weighted by Gasteiger charge is 2.26. The van der Waals surface area contributed by atoms with Crippen molar-refractivity contribution in [2.75, 3.05) is 7.11 Å². The molecule has 0 bridgehead atoms. The normalized spacial score (nSPS) is 11.4. The monoisotopic (exact) mass is 193 g/mol. The van der Waals surface area contributed by atoms with Gasteiger partial charge in [-0.25, -0.2) is 4.98 Å². The van der Waals surface area contributed by atoms with Crippen molar-refractivity contribution >= 4 is 0 Å². The molecular formula is C12H19NO. The lowest BCUT2D eigenvalue weighted by Crippen LogP contribution is -2.20. The molecule has 0 aromatic carbocycles. The summed E-state index contributed by atoms with van der Waals surface area (Å²) in [5.74, 6) is 0.763. The van der Waals surface area contributed by atoms with Crippen LogP contribution in [0.5, 0.6) is 5.88 Å². The van der Waals surface area contributed by atoms with Crippen LogP contribution in [-0.2, 0) is 5.41 Å². The Balaban J connectivity index is 3.15. The second-order valence-corrected chi connectivity index (χ2v) is 3.83. The van der Waals surface area contributed by atoms with E-state index >= 15 is 0 Å². The van der Waals surface area contributed by atoms with Gasteiger partial charge in [0, 0.05) is 11.8 Å². The predicted octanol–water partition coefficient (Wildman–Crippen LogP) is 3.17. The molecule has 0 aliphatic rings. The fourth-order valence-electron chi connectivity index (χ4n) is 1.64. The second kappa shape index (κ2) is 4.45. The van der Waals surface area contributed by atoms with Crippen molar-refractivity contribution in [3.05, 3.63) is 23.9 Å². The van der Waals surface area contributed by atoms with Crippen molar-refractivity contribution in [2.24, 2.45) is 0 Å². The molecule has 1 rings (SSSR count). The average molecular weight is 193 g/mol. The van der Waals surface area contributed by atoms with E-state index < -0.39 is 0 Å². The summed E-state index contributed by atoms with van der Waals surface area (Å²) in [6.45, 7) is 6.67. The fraction of sp³-hybridized carbons (Fsp3) is 0.583. The van der Waals surface area contributed by atoms with Crippen LogP contribution < -0.4 is 4.74 Å². The first-order chi connectivity index (χ1) is 6.68. The fourth-order valence-corrected chi connectivity index (χ4v) is 1.64. The molecule has 0 spiro atoms. The van der Waals surface area contributed by atoms with Gasteiger partial charge in [0.15, 0.2) is 0 Å². The molecule has 0 aliphatic heterocycles. The van der Waals surface area contributed by atoms with Gasteiger partial charge in [-0.15, -0.1) is 0 Å². The number of hydrogen-bond acceptors (Lipinski definition) is 2. The van der Waals surface area contributed by atoms with Gasteiger partial charge in [0.05, 0.1) is 7.11 Å². The number of hydrogen-bond donors (Lipinski definition) is 0. The van der Waals surface area contributed by atoms with E-state index in [9.17, 15) is 0 Å². The first-order valence-corrected chi connectivity index (χ1v) is 5.17. The molecule has 0 saturated carbocycles.